The SMILES string of the molecule is CN1CCC(NC(=O)c2cnc(-c3ccc4c(c3)OCO4)nc2Nc2ccccc2F)CC1. The fourth-order valence-electron chi connectivity index (χ4n) is 3.92. The van der Waals surface area contributed by atoms with Crippen molar-refractivity contribution >= 4 is 17.4 Å². The van der Waals surface area contributed by atoms with Crippen molar-refractivity contribution in [3.05, 3.63) is 60.0 Å². The van der Waals surface area contributed by atoms with Crippen molar-refractivity contribution in [3.8, 4) is 22.9 Å². The van der Waals surface area contributed by atoms with E-state index in [1.165, 1.54) is 12.3 Å². The highest BCUT2D eigenvalue weighted by molar-refractivity contribution is 5.99. The van der Waals surface area contributed by atoms with Crippen LogP contribution in [0.5, 0.6) is 11.5 Å². The van der Waals surface area contributed by atoms with Gasteiger partial charge in [-0.25, -0.2) is 14.4 Å². The third-order valence-corrected chi connectivity index (χ3v) is 5.84. The molecule has 2 aliphatic heterocycles. The summed E-state index contributed by atoms with van der Waals surface area (Å²) in [6.45, 7) is 2.01. The molecule has 1 amide bonds. The van der Waals surface area contributed by atoms with E-state index in [0.717, 1.165) is 25.9 Å². The second-order valence-electron chi connectivity index (χ2n) is 8.18. The van der Waals surface area contributed by atoms with Crippen LogP contribution >= 0.6 is 0 Å². The largest absolute Gasteiger partial charge is 0.454 e. The predicted molar refractivity (Wildman–Crippen MR) is 121 cm³/mol. The Balaban J connectivity index is 1.47. The summed E-state index contributed by atoms with van der Waals surface area (Å²) >= 11 is 0. The van der Waals surface area contributed by atoms with Crippen LogP contribution in [0, 0.1) is 5.82 Å². The van der Waals surface area contributed by atoms with Crippen LogP contribution in [0.3, 0.4) is 0 Å². The Labute approximate surface area is 190 Å². The summed E-state index contributed by atoms with van der Waals surface area (Å²) in [4.78, 5) is 24.3. The molecular weight excluding hydrogens is 425 g/mol. The number of halogens is 1. The Morgan fingerprint density at radius 3 is 2.73 bits per heavy atom. The highest BCUT2D eigenvalue weighted by Gasteiger charge is 2.23. The lowest BCUT2D eigenvalue weighted by molar-refractivity contribution is 0.0917. The zero-order chi connectivity index (χ0) is 22.8. The fraction of sp³-hybridized carbons (Fsp3) is 0.292. The first-order chi connectivity index (χ1) is 16.1. The van der Waals surface area contributed by atoms with Crippen LogP contribution in [0.25, 0.3) is 11.4 Å². The van der Waals surface area contributed by atoms with Gasteiger partial charge in [-0.1, -0.05) is 12.1 Å². The Kier molecular flexibility index (Phi) is 5.78. The molecule has 9 heteroatoms. The Morgan fingerprint density at radius 2 is 1.91 bits per heavy atom. The van der Waals surface area contributed by atoms with E-state index in [-0.39, 0.29) is 35.8 Å². The van der Waals surface area contributed by atoms with Gasteiger partial charge in [-0.2, -0.15) is 0 Å². The Hall–Kier alpha value is -3.72. The highest BCUT2D eigenvalue weighted by Crippen LogP contribution is 2.35. The number of hydrogen-bond acceptors (Lipinski definition) is 7. The monoisotopic (exact) mass is 449 g/mol. The van der Waals surface area contributed by atoms with E-state index < -0.39 is 5.82 Å². The number of anilines is 2. The molecule has 0 saturated carbocycles. The maximum Gasteiger partial charge on any atom is 0.256 e. The van der Waals surface area contributed by atoms with E-state index in [4.69, 9.17) is 9.47 Å². The number of nitrogens with one attached hydrogen (secondary N) is 2. The van der Waals surface area contributed by atoms with Crippen molar-refractivity contribution in [3.63, 3.8) is 0 Å². The molecule has 1 saturated heterocycles. The van der Waals surface area contributed by atoms with Crippen molar-refractivity contribution < 1.29 is 18.7 Å². The number of rotatable bonds is 5. The zero-order valence-corrected chi connectivity index (χ0v) is 18.2. The number of carbonyl (C=O) groups is 1. The topological polar surface area (TPSA) is 88.6 Å². The van der Waals surface area contributed by atoms with Gasteiger partial charge in [-0.05, 0) is 63.3 Å². The number of para-hydroxylation sites is 1. The number of hydrogen-bond donors (Lipinski definition) is 2. The van der Waals surface area contributed by atoms with Crippen molar-refractivity contribution in [1.82, 2.24) is 20.2 Å². The molecule has 1 aromatic heterocycles. The number of piperidine rings is 1. The molecule has 5 rings (SSSR count). The van der Waals surface area contributed by atoms with E-state index in [9.17, 15) is 9.18 Å². The van der Waals surface area contributed by atoms with Gasteiger partial charge in [0.15, 0.2) is 17.3 Å². The molecule has 0 atom stereocenters. The summed E-state index contributed by atoms with van der Waals surface area (Å²) < 4.78 is 25.2. The minimum Gasteiger partial charge on any atom is -0.454 e. The van der Waals surface area contributed by atoms with E-state index >= 15 is 0 Å². The second kappa shape index (κ2) is 9.03. The second-order valence-corrected chi connectivity index (χ2v) is 8.18. The number of carbonyl (C=O) groups excluding carboxylic acids is 1. The lowest BCUT2D eigenvalue weighted by Crippen LogP contribution is -2.43. The van der Waals surface area contributed by atoms with E-state index in [1.54, 1.807) is 30.3 Å². The quantitative estimate of drug-likeness (QED) is 0.616. The third kappa shape index (κ3) is 4.58. The molecule has 33 heavy (non-hydrogen) atoms. The number of fused-ring (bicyclic) bond motifs is 1. The van der Waals surface area contributed by atoms with Gasteiger partial charge in [0.1, 0.15) is 17.2 Å². The van der Waals surface area contributed by atoms with Crippen molar-refractivity contribution in [2.45, 2.75) is 18.9 Å². The van der Waals surface area contributed by atoms with Gasteiger partial charge in [0.05, 0.1) is 5.69 Å². The number of amides is 1. The number of benzene rings is 2. The van der Waals surface area contributed by atoms with Crippen LogP contribution < -0.4 is 20.1 Å². The minimum atomic E-state index is -0.442. The average Bonchev–Trinajstić information content (AvgIpc) is 3.30. The van der Waals surface area contributed by atoms with Gasteiger partial charge in [0.2, 0.25) is 6.79 Å². The minimum absolute atomic E-state index is 0.0727. The standard InChI is InChI=1S/C24H24FN5O3/c1-30-10-8-16(9-11-30)27-24(31)17-13-26-22(15-6-7-20-21(12-15)33-14-32-20)29-23(17)28-19-5-3-2-4-18(19)25/h2-7,12-13,16H,8-11,14H2,1H3,(H,27,31)(H,26,28,29). The molecule has 1 fully saturated rings. The Morgan fingerprint density at radius 1 is 1.12 bits per heavy atom. The van der Waals surface area contributed by atoms with Crippen LogP contribution in [0.4, 0.5) is 15.9 Å². The first-order valence-electron chi connectivity index (χ1n) is 10.8. The summed E-state index contributed by atoms with van der Waals surface area (Å²) in [5.74, 6) is 1.13. The molecule has 3 heterocycles. The number of likely N-dealkylation sites (tertiary alicyclic amines) is 1. The number of nitrogens with zero attached hydrogens (tertiary/aromatic N) is 3. The van der Waals surface area contributed by atoms with Gasteiger partial charge < -0.3 is 25.0 Å². The average molecular weight is 449 g/mol. The van der Waals surface area contributed by atoms with Gasteiger partial charge >= 0.3 is 0 Å². The zero-order valence-electron chi connectivity index (χ0n) is 18.2. The van der Waals surface area contributed by atoms with Gasteiger partial charge in [0.25, 0.3) is 5.91 Å². The van der Waals surface area contributed by atoms with Crippen LogP contribution in [-0.4, -0.2) is 53.7 Å². The van der Waals surface area contributed by atoms with Crippen molar-refractivity contribution in [2.24, 2.45) is 0 Å². The summed E-state index contributed by atoms with van der Waals surface area (Å²) in [6, 6.07) is 11.7. The van der Waals surface area contributed by atoms with Gasteiger partial charge in [0, 0.05) is 17.8 Å². The van der Waals surface area contributed by atoms with Crippen LogP contribution in [0.1, 0.15) is 23.2 Å². The summed E-state index contributed by atoms with van der Waals surface area (Å²) in [6.07, 6.45) is 3.21. The van der Waals surface area contributed by atoms with Crippen molar-refractivity contribution in [2.75, 3.05) is 32.2 Å². The number of ether oxygens (including phenoxy) is 2. The lowest BCUT2D eigenvalue weighted by atomic mass is 10.1. The number of aromatic nitrogens is 2. The first kappa shape index (κ1) is 21.1. The summed E-state index contributed by atoms with van der Waals surface area (Å²) in [5, 5.41) is 6.05. The molecule has 0 unspecified atom stereocenters. The predicted octanol–water partition coefficient (Wildman–Crippen LogP) is 3.58. The molecule has 3 aromatic rings. The van der Waals surface area contributed by atoms with E-state index in [2.05, 4.69) is 32.5 Å². The van der Waals surface area contributed by atoms with Gasteiger partial charge in [-0.15, -0.1) is 0 Å². The molecule has 170 valence electrons. The highest BCUT2D eigenvalue weighted by atomic mass is 19.1. The fourth-order valence-corrected chi connectivity index (χ4v) is 3.92. The molecule has 2 N–H and O–H groups in total. The summed E-state index contributed by atoms with van der Waals surface area (Å²) in [7, 11) is 2.07. The molecule has 2 aliphatic rings. The molecule has 2 aromatic carbocycles. The Bertz CT molecular complexity index is 1180. The molecule has 8 nitrogen and oxygen atoms in total. The molecule has 0 radical (unpaired) electrons. The molecule has 0 bridgehead atoms. The van der Waals surface area contributed by atoms with Gasteiger partial charge in [-0.3, -0.25) is 4.79 Å². The maximum atomic E-state index is 14.3. The van der Waals surface area contributed by atoms with Crippen LogP contribution in [0.15, 0.2) is 48.7 Å². The third-order valence-electron chi connectivity index (χ3n) is 5.84. The first-order valence-corrected chi connectivity index (χ1v) is 10.8. The van der Waals surface area contributed by atoms with E-state index in [1.807, 2.05) is 6.07 Å². The maximum absolute atomic E-state index is 14.3. The smallest absolute Gasteiger partial charge is 0.256 e. The molecular formula is C24H24FN5O3. The molecule has 0 aliphatic carbocycles. The van der Waals surface area contributed by atoms with Crippen molar-refractivity contribution in [1.29, 1.82) is 0 Å². The van der Waals surface area contributed by atoms with E-state index in [0.29, 0.717) is 22.9 Å². The molecule has 0 spiro atoms. The summed E-state index contributed by atoms with van der Waals surface area (Å²) in [5.41, 5.74) is 1.17. The normalized spacial score (nSPS) is 15.9. The van der Waals surface area contributed by atoms with Crippen LogP contribution in [-0.2, 0) is 0 Å². The van der Waals surface area contributed by atoms with Crippen LogP contribution in [0.2, 0.25) is 0 Å². The lowest BCUT2D eigenvalue weighted by Gasteiger charge is -2.29.